The first kappa shape index (κ1) is 24.2. The smallest absolute Gasteiger partial charge is 0.0491 e. The van der Waals surface area contributed by atoms with Crippen LogP contribution in [-0.4, -0.2) is 9.13 Å². The van der Waals surface area contributed by atoms with E-state index in [2.05, 4.69) is 156 Å². The molecule has 0 N–H and O–H groups in total. The molecule has 40 heavy (non-hydrogen) atoms. The number of hydrogen-bond donors (Lipinski definition) is 0. The van der Waals surface area contributed by atoms with Crippen LogP contribution in [0.1, 0.15) is 36.1 Å². The van der Waals surface area contributed by atoms with Crippen LogP contribution in [0.5, 0.6) is 0 Å². The summed E-state index contributed by atoms with van der Waals surface area (Å²) in [6.45, 7) is 6.36. The number of fused-ring (bicyclic) bond motifs is 6. The minimum Gasteiger partial charge on any atom is -0.341 e. The molecule has 0 aliphatic rings. The van der Waals surface area contributed by atoms with E-state index in [1.807, 2.05) is 0 Å². The zero-order valence-corrected chi connectivity index (χ0v) is 23.0. The van der Waals surface area contributed by atoms with Crippen molar-refractivity contribution in [1.29, 1.82) is 0 Å². The Balaban J connectivity index is 1.12. The Hall–Kier alpha value is -4.82. The lowest BCUT2D eigenvalue weighted by Gasteiger charge is -2.03. The number of para-hydroxylation sites is 2. The van der Waals surface area contributed by atoms with Gasteiger partial charge in [0.05, 0.1) is 0 Å². The van der Waals surface area contributed by atoms with Crippen molar-refractivity contribution >= 4 is 67.9 Å². The molecule has 0 fully saturated rings. The maximum Gasteiger partial charge on any atom is 0.0491 e. The zero-order chi connectivity index (χ0) is 27.1. The van der Waals surface area contributed by atoms with Gasteiger partial charge < -0.3 is 9.13 Å². The number of hydrogen-bond acceptors (Lipinski definition) is 0. The van der Waals surface area contributed by atoms with Gasteiger partial charge in [-0.2, -0.15) is 0 Å². The number of rotatable bonds is 6. The van der Waals surface area contributed by atoms with E-state index in [0.717, 1.165) is 13.1 Å². The average Bonchev–Trinajstić information content (AvgIpc) is 3.51. The van der Waals surface area contributed by atoms with Gasteiger partial charge in [-0.05, 0) is 72.5 Å². The summed E-state index contributed by atoms with van der Waals surface area (Å²) in [5.74, 6) is 0. The molecule has 194 valence electrons. The predicted octanol–water partition coefficient (Wildman–Crippen LogP) is 10.3. The van der Waals surface area contributed by atoms with Crippen LogP contribution in [0.3, 0.4) is 0 Å². The quantitative estimate of drug-likeness (QED) is 0.195. The molecule has 2 aromatic heterocycles. The summed E-state index contributed by atoms with van der Waals surface area (Å²) in [5.41, 5.74) is 10.0. The van der Waals surface area contributed by atoms with E-state index in [9.17, 15) is 0 Å². The molecule has 0 aliphatic carbocycles. The summed E-state index contributed by atoms with van der Waals surface area (Å²) in [6.07, 6.45) is 8.82. The van der Waals surface area contributed by atoms with Gasteiger partial charge in [-0.15, -0.1) is 0 Å². The second-order valence-corrected chi connectivity index (χ2v) is 10.4. The number of benzene rings is 5. The van der Waals surface area contributed by atoms with Crippen molar-refractivity contribution in [2.45, 2.75) is 26.9 Å². The molecular formula is C38H32N2. The van der Waals surface area contributed by atoms with E-state index in [1.54, 1.807) is 0 Å². The van der Waals surface area contributed by atoms with E-state index in [4.69, 9.17) is 0 Å². The third kappa shape index (κ3) is 4.13. The van der Waals surface area contributed by atoms with Crippen molar-refractivity contribution in [2.75, 3.05) is 0 Å². The van der Waals surface area contributed by atoms with Crippen LogP contribution in [0.4, 0.5) is 0 Å². The highest BCUT2D eigenvalue weighted by molar-refractivity contribution is 6.09. The molecule has 0 atom stereocenters. The minimum atomic E-state index is 0.970. The Labute approximate surface area is 235 Å². The number of aryl methyl sites for hydroxylation is 2. The van der Waals surface area contributed by atoms with Crippen LogP contribution in [0.2, 0.25) is 0 Å². The van der Waals surface area contributed by atoms with E-state index < -0.39 is 0 Å². The first-order valence-electron chi connectivity index (χ1n) is 14.2. The summed E-state index contributed by atoms with van der Waals surface area (Å²) in [4.78, 5) is 0. The summed E-state index contributed by atoms with van der Waals surface area (Å²) in [5, 5.41) is 5.28. The molecule has 0 radical (unpaired) electrons. The fourth-order valence-electron chi connectivity index (χ4n) is 6.13. The molecule has 0 saturated carbocycles. The fourth-order valence-corrected chi connectivity index (χ4v) is 6.13. The molecule has 2 heteroatoms. The Kier molecular flexibility index (Phi) is 6.09. The van der Waals surface area contributed by atoms with Gasteiger partial charge in [-0.25, -0.2) is 0 Å². The molecule has 5 aromatic carbocycles. The van der Waals surface area contributed by atoms with Crippen LogP contribution >= 0.6 is 0 Å². The van der Waals surface area contributed by atoms with Crippen molar-refractivity contribution in [1.82, 2.24) is 9.13 Å². The van der Waals surface area contributed by atoms with Crippen molar-refractivity contribution in [3.05, 3.63) is 131 Å². The highest BCUT2D eigenvalue weighted by Crippen LogP contribution is 2.31. The summed E-state index contributed by atoms with van der Waals surface area (Å²) < 4.78 is 4.79. The van der Waals surface area contributed by atoms with Gasteiger partial charge in [0.1, 0.15) is 0 Å². The maximum atomic E-state index is 2.39. The van der Waals surface area contributed by atoms with Crippen LogP contribution in [0.25, 0.3) is 67.9 Å². The molecule has 7 rings (SSSR count). The molecule has 2 heterocycles. The third-order valence-corrected chi connectivity index (χ3v) is 8.10. The van der Waals surface area contributed by atoms with E-state index in [0.29, 0.717) is 0 Å². The van der Waals surface area contributed by atoms with Crippen LogP contribution < -0.4 is 0 Å². The molecule has 0 saturated heterocycles. The van der Waals surface area contributed by atoms with Crippen LogP contribution in [0, 0.1) is 0 Å². The Morgan fingerprint density at radius 1 is 0.400 bits per heavy atom. The lowest BCUT2D eigenvalue weighted by atomic mass is 10.1. The first-order valence-corrected chi connectivity index (χ1v) is 14.2. The highest BCUT2D eigenvalue weighted by Gasteiger charge is 2.10. The van der Waals surface area contributed by atoms with Gasteiger partial charge >= 0.3 is 0 Å². The lowest BCUT2D eigenvalue weighted by Crippen LogP contribution is -1.92. The molecule has 0 bridgehead atoms. The SMILES string of the molecule is CCn1c2ccccc2c2cc(/C=C\c3ccc(/C=C/c4ccc5c(c4)c4ccccc4n5CC)cc3)ccc21. The van der Waals surface area contributed by atoms with Gasteiger partial charge in [-0.3, -0.25) is 0 Å². The Morgan fingerprint density at radius 3 is 1.18 bits per heavy atom. The molecule has 0 amide bonds. The first-order chi connectivity index (χ1) is 19.7. The Morgan fingerprint density at radius 2 is 0.750 bits per heavy atom. The maximum absolute atomic E-state index is 2.39. The summed E-state index contributed by atoms with van der Waals surface area (Å²) in [7, 11) is 0. The predicted molar refractivity (Wildman–Crippen MR) is 175 cm³/mol. The second-order valence-electron chi connectivity index (χ2n) is 10.4. The molecule has 0 unspecified atom stereocenters. The zero-order valence-electron chi connectivity index (χ0n) is 23.0. The largest absolute Gasteiger partial charge is 0.341 e. The van der Waals surface area contributed by atoms with Crippen LogP contribution in [0.15, 0.2) is 109 Å². The van der Waals surface area contributed by atoms with Crippen molar-refractivity contribution in [2.24, 2.45) is 0 Å². The number of aromatic nitrogens is 2. The summed E-state index contributed by atoms with van der Waals surface area (Å²) >= 11 is 0. The lowest BCUT2D eigenvalue weighted by molar-refractivity contribution is 0.827. The average molecular weight is 517 g/mol. The number of nitrogens with zero attached hydrogens (tertiary/aromatic N) is 2. The molecule has 2 nitrogen and oxygen atoms in total. The standard InChI is InChI=1S/C38H32N2/c1-3-39-35-11-7-5-9-31(35)33-25-29(21-23-37(33)39)19-17-27-13-15-28(16-14-27)18-20-30-22-24-38-34(26-30)32-10-6-8-12-36(32)40(38)4-2/h5-26H,3-4H2,1-2H3/b19-17-,20-18+. The monoisotopic (exact) mass is 516 g/mol. The van der Waals surface area contributed by atoms with Gasteiger partial charge in [-0.1, -0.05) is 97.1 Å². The Bertz CT molecular complexity index is 1910. The van der Waals surface area contributed by atoms with Gasteiger partial charge in [0, 0.05) is 56.7 Å². The molecule has 0 aliphatic heterocycles. The summed E-state index contributed by atoms with van der Waals surface area (Å²) in [6, 6.07) is 39.7. The van der Waals surface area contributed by atoms with Crippen molar-refractivity contribution in [3.8, 4) is 0 Å². The van der Waals surface area contributed by atoms with E-state index in [1.165, 1.54) is 65.9 Å². The van der Waals surface area contributed by atoms with Gasteiger partial charge in [0.2, 0.25) is 0 Å². The molecule has 7 aromatic rings. The molecule has 0 spiro atoms. The highest BCUT2D eigenvalue weighted by atomic mass is 15.0. The van der Waals surface area contributed by atoms with Crippen LogP contribution in [-0.2, 0) is 13.1 Å². The van der Waals surface area contributed by atoms with E-state index in [-0.39, 0.29) is 0 Å². The van der Waals surface area contributed by atoms with Gasteiger partial charge in [0.25, 0.3) is 0 Å². The van der Waals surface area contributed by atoms with Crippen molar-refractivity contribution < 1.29 is 0 Å². The minimum absolute atomic E-state index is 0.970. The van der Waals surface area contributed by atoms with Crippen molar-refractivity contribution in [3.63, 3.8) is 0 Å². The third-order valence-electron chi connectivity index (χ3n) is 8.10. The van der Waals surface area contributed by atoms with Gasteiger partial charge in [0.15, 0.2) is 0 Å². The fraction of sp³-hybridized carbons (Fsp3) is 0.105. The van der Waals surface area contributed by atoms with E-state index >= 15 is 0 Å². The topological polar surface area (TPSA) is 9.86 Å². The normalized spacial score (nSPS) is 12.2. The molecular weight excluding hydrogens is 484 g/mol. The second kappa shape index (κ2) is 10.1.